The van der Waals surface area contributed by atoms with Crippen LogP contribution in [0, 0.1) is 17.0 Å². The number of ether oxygens (including phenoxy) is 3. The summed E-state index contributed by atoms with van der Waals surface area (Å²) in [6.07, 6.45) is 0.0905. The molecule has 0 bridgehead atoms. The Labute approximate surface area is 246 Å². The molecule has 2 aromatic carbocycles. The van der Waals surface area contributed by atoms with Gasteiger partial charge in [-0.25, -0.2) is 9.59 Å². The molecule has 14 nitrogen and oxygen atoms in total. The number of hydrogen-bond donors (Lipinski definition) is 4. The van der Waals surface area contributed by atoms with Crippen molar-refractivity contribution in [3.8, 4) is 22.8 Å². The van der Waals surface area contributed by atoms with Crippen molar-refractivity contribution in [2.45, 2.75) is 33.0 Å². The van der Waals surface area contributed by atoms with E-state index in [2.05, 4.69) is 21.2 Å². The highest BCUT2D eigenvalue weighted by Gasteiger charge is 2.32. The molecule has 2 heterocycles. The third-order valence-corrected chi connectivity index (χ3v) is 6.33. The van der Waals surface area contributed by atoms with Gasteiger partial charge in [0, 0.05) is 11.8 Å². The van der Waals surface area contributed by atoms with Crippen molar-refractivity contribution in [2.75, 3.05) is 20.3 Å². The zero-order valence-corrected chi connectivity index (χ0v) is 23.9. The number of rotatable bonds is 12. The summed E-state index contributed by atoms with van der Waals surface area (Å²) in [5, 5.41) is 31.0. The Bertz CT molecular complexity index is 1580. The van der Waals surface area contributed by atoms with Crippen molar-refractivity contribution in [1.82, 2.24) is 16.1 Å². The van der Waals surface area contributed by atoms with Crippen molar-refractivity contribution < 1.29 is 38.2 Å². The summed E-state index contributed by atoms with van der Waals surface area (Å²) >= 11 is 0. The lowest BCUT2D eigenvalue weighted by Gasteiger charge is -2.28. The van der Waals surface area contributed by atoms with Gasteiger partial charge in [-0.15, -0.1) is 0 Å². The molecule has 1 aromatic heterocycles. The number of nitrogens with one attached hydrogen (secondary N) is 3. The van der Waals surface area contributed by atoms with Crippen LogP contribution in [0.3, 0.4) is 0 Å². The number of nitro groups is 1. The molecule has 0 unspecified atom stereocenters. The molecular formula is C29H31N5O9. The van der Waals surface area contributed by atoms with Crippen LogP contribution in [0.5, 0.6) is 11.5 Å². The average Bonchev–Trinajstić information content (AvgIpc) is 3.44. The number of hydrazone groups is 1. The summed E-state index contributed by atoms with van der Waals surface area (Å²) in [5.74, 6) is 0.660. The van der Waals surface area contributed by atoms with E-state index in [1.807, 2.05) is 0 Å². The number of hydrogen-bond acceptors (Lipinski definition) is 11. The van der Waals surface area contributed by atoms with Gasteiger partial charge in [0.1, 0.15) is 18.1 Å². The number of urea groups is 1. The van der Waals surface area contributed by atoms with Crippen LogP contribution in [0.1, 0.15) is 36.8 Å². The summed E-state index contributed by atoms with van der Waals surface area (Å²) in [6.45, 7) is 5.25. The first-order chi connectivity index (χ1) is 20.6. The van der Waals surface area contributed by atoms with Crippen molar-refractivity contribution in [3.05, 3.63) is 86.8 Å². The van der Waals surface area contributed by atoms with Crippen LogP contribution in [0.4, 0.5) is 10.5 Å². The highest BCUT2D eigenvalue weighted by molar-refractivity contribution is 5.95. The Morgan fingerprint density at radius 3 is 2.70 bits per heavy atom. The second kappa shape index (κ2) is 13.5. The summed E-state index contributed by atoms with van der Waals surface area (Å²) in [6, 6.07) is 11.7. The van der Waals surface area contributed by atoms with Gasteiger partial charge in [-0.3, -0.25) is 15.5 Å². The fraction of sp³-hybridized carbons (Fsp3) is 0.276. The number of methoxy groups -OCH3 is 1. The molecule has 4 N–H and O–H groups in total. The van der Waals surface area contributed by atoms with E-state index >= 15 is 0 Å². The number of aryl methyl sites for hydroxylation is 1. The Morgan fingerprint density at radius 1 is 1.19 bits per heavy atom. The number of allylic oxidation sites excluding steroid dienone is 1. The SMILES string of the molecule is CCOc1cc([C@H]2NC(=O)NC(C)=C2C(=O)OC)ccc1OC[C@@H](O)N/N=C/c1ccc(-c2ccc(C)cc2[N+](=O)[O-])o1. The van der Waals surface area contributed by atoms with Crippen LogP contribution in [0.15, 0.2) is 69.3 Å². The maximum Gasteiger partial charge on any atom is 0.337 e. The molecule has 226 valence electrons. The van der Waals surface area contributed by atoms with Crippen molar-refractivity contribution >= 4 is 23.9 Å². The number of benzene rings is 2. The van der Waals surface area contributed by atoms with Crippen LogP contribution < -0.4 is 25.5 Å². The number of carbonyl (C=O) groups is 2. The molecule has 1 aliphatic heterocycles. The van der Waals surface area contributed by atoms with E-state index in [4.69, 9.17) is 18.6 Å². The normalized spacial score (nSPS) is 15.5. The van der Waals surface area contributed by atoms with Crippen molar-refractivity contribution in [1.29, 1.82) is 0 Å². The second-order valence-electron chi connectivity index (χ2n) is 9.39. The first kappa shape index (κ1) is 30.6. The number of carbonyl (C=O) groups excluding carboxylic acids is 2. The molecular weight excluding hydrogens is 562 g/mol. The molecule has 0 aliphatic carbocycles. The summed E-state index contributed by atoms with van der Waals surface area (Å²) in [5.41, 5.74) is 4.71. The third-order valence-electron chi connectivity index (χ3n) is 6.33. The van der Waals surface area contributed by atoms with E-state index in [1.165, 1.54) is 19.4 Å². The van der Waals surface area contributed by atoms with Gasteiger partial charge >= 0.3 is 12.0 Å². The first-order valence-electron chi connectivity index (χ1n) is 13.2. The van der Waals surface area contributed by atoms with Gasteiger partial charge in [0.15, 0.2) is 17.7 Å². The maximum absolute atomic E-state index is 12.4. The van der Waals surface area contributed by atoms with Gasteiger partial charge in [0.2, 0.25) is 0 Å². The number of esters is 1. The molecule has 2 amide bonds. The molecule has 0 fully saturated rings. The van der Waals surface area contributed by atoms with Gasteiger partial charge in [0.05, 0.1) is 42.0 Å². The van der Waals surface area contributed by atoms with Gasteiger partial charge in [-0.05, 0) is 62.2 Å². The highest BCUT2D eigenvalue weighted by Crippen LogP contribution is 2.35. The molecule has 2 atom stereocenters. The molecule has 0 spiro atoms. The Balaban J connectivity index is 1.40. The highest BCUT2D eigenvalue weighted by atomic mass is 16.6. The molecule has 0 saturated carbocycles. The topological polar surface area (TPSA) is 187 Å². The largest absolute Gasteiger partial charge is 0.490 e. The molecule has 0 saturated heterocycles. The second-order valence-corrected chi connectivity index (χ2v) is 9.39. The standard InChI is InChI=1S/C29H31N5O9/c1-5-41-24-13-18(27-26(28(36)40-4)17(3)31-29(37)32-27)7-10-23(24)42-15-25(35)33-30-14-19-8-11-22(43-19)20-9-6-16(2)12-21(20)34(38)39/h6-14,25,27,33,35H,5,15H2,1-4H3,(H2,31,32,37)/b30-14+/t25-,27-/m1/s1. The van der Waals surface area contributed by atoms with Gasteiger partial charge in [-0.2, -0.15) is 5.10 Å². The fourth-order valence-electron chi connectivity index (χ4n) is 4.38. The van der Waals surface area contributed by atoms with Gasteiger partial charge < -0.3 is 34.4 Å². The average molecular weight is 594 g/mol. The van der Waals surface area contributed by atoms with E-state index in [0.29, 0.717) is 46.5 Å². The summed E-state index contributed by atoms with van der Waals surface area (Å²) in [7, 11) is 1.26. The van der Waals surface area contributed by atoms with Crippen LogP contribution in [-0.4, -0.2) is 54.8 Å². The van der Waals surface area contributed by atoms with E-state index in [9.17, 15) is 24.8 Å². The molecule has 0 radical (unpaired) electrons. The van der Waals surface area contributed by atoms with Gasteiger partial charge in [-0.1, -0.05) is 12.1 Å². The number of amides is 2. The van der Waals surface area contributed by atoms with Crippen molar-refractivity contribution in [3.63, 3.8) is 0 Å². The Morgan fingerprint density at radius 2 is 1.98 bits per heavy atom. The van der Waals surface area contributed by atoms with Crippen molar-refractivity contribution in [2.24, 2.45) is 5.10 Å². The van der Waals surface area contributed by atoms with Crippen LogP contribution >= 0.6 is 0 Å². The molecule has 4 rings (SSSR count). The molecule has 3 aromatic rings. The number of furan rings is 1. The monoisotopic (exact) mass is 593 g/mol. The summed E-state index contributed by atoms with van der Waals surface area (Å²) < 4.78 is 22.0. The van der Waals surface area contributed by atoms with E-state index in [1.54, 1.807) is 63.2 Å². The van der Waals surface area contributed by atoms with Crippen LogP contribution in [0.2, 0.25) is 0 Å². The van der Waals surface area contributed by atoms with Crippen LogP contribution in [-0.2, 0) is 9.53 Å². The zero-order chi connectivity index (χ0) is 31.1. The van der Waals surface area contributed by atoms with E-state index in [0.717, 1.165) is 5.56 Å². The summed E-state index contributed by atoms with van der Waals surface area (Å²) in [4.78, 5) is 35.5. The Hall–Kier alpha value is -5.37. The maximum atomic E-state index is 12.4. The number of nitro benzene ring substituents is 1. The predicted molar refractivity (Wildman–Crippen MR) is 155 cm³/mol. The number of aliphatic hydroxyl groups excluding tert-OH is 1. The molecule has 43 heavy (non-hydrogen) atoms. The predicted octanol–water partition coefficient (Wildman–Crippen LogP) is 3.68. The number of aliphatic hydroxyl groups is 1. The minimum absolute atomic E-state index is 0.0704. The zero-order valence-electron chi connectivity index (χ0n) is 23.9. The lowest BCUT2D eigenvalue weighted by atomic mass is 9.95. The van der Waals surface area contributed by atoms with Gasteiger partial charge in [0.25, 0.3) is 5.69 Å². The smallest absolute Gasteiger partial charge is 0.337 e. The minimum atomic E-state index is -1.22. The molecule has 1 aliphatic rings. The van der Waals surface area contributed by atoms with E-state index in [-0.39, 0.29) is 17.9 Å². The van der Waals surface area contributed by atoms with E-state index < -0.39 is 29.2 Å². The quantitative estimate of drug-likeness (QED) is 0.0793. The molecule has 14 heteroatoms. The third kappa shape index (κ3) is 7.29. The Kier molecular flexibility index (Phi) is 9.62. The first-order valence-corrected chi connectivity index (χ1v) is 13.2. The fourth-order valence-corrected chi connectivity index (χ4v) is 4.38. The number of nitrogens with zero attached hydrogens (tertiary/aromatic N) is 2. The lowest BCUT2D eigenvalue weighted by molar-refractivity contribution is -0.384. The minimum Gasteiger partial charge on any atom is -0.490 e. The lowest BCUT2D eigenvalue weighted by Crippen LogP contribution is -2.45. The van der Waals surface area contributed by atoms with Crippen LogP contribution in [0.25, 0.3) is 11.3 Å².